The summed E-state index contributed by atoms with van der Waals surface area (Å²) in [6.07, 6.45) is 1.75. The fraction of sp³-hybridized carbons (Fsp3) is 0.0909. The summed E-state index contributed by atoms with van der Waals surface area (Å²) in [5.41, 5.74) is 2.90. The number of Topliss-reactive ketones (excluding diaryl/α,β-unsaturated/α-hetero) is 1. The number of esters is 1. The van der Waals surface area contributed by atoms with Crippen molar-refractivity contribution in [1.82, 2.24) is 0 Å². The first-order valence-corrected chi connectivity index (χ1v) is 9.31. The van der Waals surface area contributed by atoms with Crippen molar-refractivity contribution in [1.29, 1.82) is 0 Å². The Bertz CT molecular complexity index is 1090. The van der Waals surface area contributed by atoms with Crippen LogP contribution in [0, 0.1) is 13.8 Å². The van der Waals surface area contributed by atoms with Crippen molar-refractivity contribution in [3.63, 3.8) is 0 Å². The van der Waals surface area contributed by atoms with E-state index in [1.165, 1.54) is 0 Å². The molecule has 0 saturated heterocycles. The molecule has 1 aromatic heterocycles. The van der Waals surface area contributed by atoms with Gasteiger partial charge in [-0.2, -0.15) is 0 Å². The van der Waals surface area contributed by atoms with E-state index >= 15 is 0 Å². The highest BCUT2D eigenvalue weighted by atomic mass is 32.1. The minimum absolute atomic E-state index is 0.172. The molecule has 0 unspecified atom stereocenters. The van der Waals surface area contributed by atoms with E-state index in [4.69, 9.17) is 9.47 Å². The van der Waals surface area contributed by atoms with E-state index in [0.717, 1.165) is 16.0 Å². The number of thiophene rings is 1. The lowest BCUT2D eigenvalue weighted by molar-refractivity contribution is 0.0733. The fourth-order valence-electron chi connectivity index (χ4n) is 2.85. The van der Waals surface area contributed by atoms with Crippen molar-refractivity contribution < 1.29 is 19.1 Å². The van der Waals surface area contributed by atoms with E-state index in [0.29, 0.717) is 22.6 Å². The Kier molecular flexibility index (Phi) is 4.38. The van der Waals surface area contributed by atoms with Gasteiger partial charge in [0.1, 0.15) is 11.5 Å². The molecule has 0 saturated carbocycles. The van der Waals surface area contributed by atoms with E-state index in [1.807, 2.05) is 37.4 Å². The van der Waals surface area contributed by atoms with Crippen molar-refractivity contribution >= 4 is 29.2 Å². The average molecular weight is 376 g/mol. The first-order chi connectivity index (χ1) is 13.0. The van der Waals surface area contributed by atoms with Gasteiger partial charge in [0.25, 0.3) is 0 Å². The molecule has 0 spiro atoms. The molecule has 0 fully saturated rings. The van der Waals surface area contributed by atoms with Gasteiger partial charge in [0.05, 0.1) is 11.1 Å². The van der Waals surface area contributed by atoms with Gasteiger partial charge in [-0.15, -0.1) is 11.3 Å². The third-order valence-corrected chi connectivity index (χ3v) is 5.35. The van der Waals surface area contributed by atoms with Crippen LogP contribution >= 0.6 is 11.3 Å². The van der Waals surface area contributed by atoms with Gasteiger partial charge < -0.3 is 9.47 Å². The molecule has 0 N–H and O–H groups in total. The van der Waals surface area contributed by atoms with Crippen LogP contribution in [-0.2, 0) is 0 Å². The van der Waals surface area contributed by atoms with Crippen LogP contribution < -0.4 is 9.47 Å². The van der Waals surface area contributed by atoms with Gasteiger partial charge in [-0.05, 0) is 54.6 Å². The van der Waals surface area contributed by atoms with Gasteiger partial charge in [-0.1, -0.05) is 18.2 Å². The Hall–Kier alpha value is -3.18. The monoisotopic (exact) mass is 376 g/mol. The molecule has 2 heterocycles. The molecule has 134 valence electrons. The normalized spacial score (nSPS) is 14.1. The molecule has 0 radical (unpaired) electrons. The number of allylic oxidation sites excluding steroid dienone is 1. The SMILES string of the molecule is Cc1ccccc1C(=O)Oc1ccc2c(c1)O/C(=C/c1sccc1C)C2=O. The number of hydrogen-bond acceptors (Lipinski definition) is 5. The fourth-order valence-corrected chi connectivity index (χ4v) is 3.69. The topological polar surface area (TPSA) is 52.6 Å². The van der Waals surface area contributed by atoms with Crippen molar-refractivity contribution in [2.75, 3.05) is 0 Å². The number of hydrogen-bond donors (Lipinski definition) is 0. The summed E-state index contributed by atoms with van der Waals surface area (Å²) in [6.45, 7) is 3.84. The van der Waals surface area contributed by atoms with Crippen LogP contribution in [0.15, 0.2) is 59.7 Å². The molecule has 27 heavy (non-hydrogen) atoms. The highest BCUT2D eigenvalue weighted by Crippen LogP contribution is 2.35. The quantitative estimate of drug-likeness (QED) is 0.358. The van der Waals surface area contributed by atoms with E-state index < -0.39 is 5.97 Å². The smallest absolute Gasteiger partial charge is 0.343 e. The molecule has 0 aliphatic carbocycles. The maximum Gasteiger partial charge on any atom is 0.343 e. The van der Waals surface area contributed by atoms with Crippen LogP contribution in [-0.4, -0.2) is 11.8 Å². The Balaban J connectivity index is 1.58. The van der Waals surface area contributed by atoms with Gasteiger partial charge >= 0.3 is 5.97 Å². The number of aryl methyl sites for hydroxylation is 2. The van der Waals surface area contributed by atoms with Crippen molar-refractivity contribution in [3.8, 4) is 11.5 Å². The summed E-state index contributed by atoms with van der Waals surface area (Å²) in [4.78, 5) is 25.9. The molecular formula is C22H16O4S. The van der Waals surface area contributed by atoms with Gasteiger partial charge in [0.15, 0.2) is 5.76 Å². The number of ether oxygens (including phenoxy) is 2. The van der Waals surface area contributed by atoms with Crippen LogP contribution in [0.3, 0.4) is 0 Å². The van der Waals surface area contributed by atoms with Crippen LogP contribution in [0.25, 0.3) is 6.08 Å². The molecule has 0 atom stereocenters. The zero-order valence-electron chi connectivity index (χ0n) is 14.8. The molecule has 1 aliphatic heterocycles. The zero-order chi connectivity index (χ0) is 19.0. The van der Waals surface area contributed by atoms with Gasteiger partial charge in [-0.3, -0.25) is 4.79 Å². The molecule has 4 rings (SSSR count). The molecule has 4 nitrogen and oxygen atoms in total. The molecule has 0 bridgehead atoms. The summed E-state index contributed by atoms with van der Waals surface area (Å²) < 4.78 is 11.2. The molecule has 2 aromatic carbocycles. The minimum Gasteiger partial charge on any atom is -0.452 e. The van der Waals surface area contributed by atoms with Crippen molar-refractivity contribution in [3.05, 3.63) is 86.8 Å². The number of benzene rings is 2. The number of carbonyl (C=O) groups excluding carboxylic acids is 2. The lowest BCUT2D eigenvalue weighted by Gasteiger charge is -2.07. The standard InChI is InChI=1S/C22H16O4S/c1-13-5-3-4-6-16(13)22(24)25-15-7-8-17-18(11-15)26-19(21(17)23)12-20-14(2)9-10-27-20/h3-12H,1-2H3/b19-12+. The summed E-state index contributed by atoms with van der Waals surface area (Å²) in [7, 11) is 0. The lowest BCUT2D eigenvalue weighted by Crippen LogP contribution is -2.10. The third kappa shape index (κ3) is 3.29. The van der Waals surface area contributed by atoms with Crippen LogP contribution in [0.4, 0.5) is 0 Å². The van der Waals surface area contributed by atoms with Gasteiger partial charge in [0, 0.05) is 17.0 Å². The lowest BCUT2D eigenvalue weighted by atomic mass is 10.1. The molecule has 0 amide bonds. The Morgan fingerprint density at radius 1 is 1.07 bits per heavy atom. The predicted octanol–water partition coefficient (Wildman–Crippen LogP) is 5.20. The highest BCUT2D eigenvalue weighted by Gasteiger charge is 2.28. The van der Waals surface area contributed by atoms with Crippen LogP contribution in [0.1, 0.15) is 36.7 Å². The summed E-state index contributed by atoms with van der Waals surface area (Å²) in [5, 5.41) is 1.97. The number of carbonyl (C=O) groups is 2. The molecule has 5 heteroatoms. The first-order valence-electron chi connectivity index (χ1n) is 8.43. The van der Waals surface area contributed by atoms with E-state index in [2.05, 4.69) is 0 Å². The van der Waals surface area contributed by atoms with E-state index in [9.17, 15) is 9.59 Å². The zero-order valence-corrected chi connectivity index (χ0v) is 15.6. The second-order valence-electron chi connectivity index (χ2n) is 6.27. The Labute approximate surface area is 160 Å². The summed E-state index contributed by atoms with van der Waals surface area (Å²) in [6, 6.07) is 14.0. The number of ketones is 1. The largest absolute Gasteiger partial charge is 0.452 e. The molecule has 1 aliphatic rings. The second kappa shape index (κ2) is 6.85. The van der Waals surface area contributed by atoms with Crippen LogP contribution in [0.5, 0.6) is 11.5 Å². The summed E-state index contributed by atoms with van der Waals surface area (Å²) >= 11 is 1.55. The maximum atomic E-state index is 12.5. The van der Waals surface area contributed by atoms with Gasteiger partial charge in [0.2, 0.25) is 5.78 Å². The minimum atomic E-state index is -0.442. The molecular weight excluding hydrogens is 360 g/mol. The number of rotatable bonds is 3. The predicted molar refractivity (Wildman–Crippen MR) is 105 cm³/mol. The maximum absolute atomic E-state index is 12.5. The average Bonchev–Trinajstić information content (AvgIpc) is 3.19. The van der Waals surface area contributed by atoms with E-state index in [-0.39, 0.29) is 11.5 Å². The second-order valence-corrected chi connectivity index (χ2v) is 7.22. The third-order valence-electron chi connectivity index (χ3n) is 4.38. The van der Waals surface area contributed by atoms with E-state index in [1.54, 1.807) is 47.7 Å². The van der Waals surface area contributed by atoms with Crippen molar-refractivity contribution in [2.45, 2.75) is 13.8 Å². The number of fused-ring (bicyclic) bond motifs is 1. The molecule has 3 aromatic rings. The van der Waals surface area contributed by atoms with Gasteiger partial charge in [-0.25, -0.2) is 4.79 Å². The Morgan fingerprint density at radius 2 is 1.89 bits per heavy atom. The highest BCUT2D eigenvalue weighted by molar-refractivity contribution is 7.11. The summed E-state index contributed by atoms with van der Waals surface area (Å²) in [5.74, 6) is 0.397. The van der Waals surface area contributed by atoms with Crippen molar-refractivity contribution in [2.24, 2.45) is 0 Å². The van der Waals surface area contributed by atoms with Crippen LogP contribution in [0.2, 0.25) is 0 Å². The first kappa shape index (κ1) is 17.2. The Morgan fingerprint density at radius 3 is 2.63 bits per heavy atom.